The molecule has 0 bridgehead atoms. The molecule has 6 nitrogen and oxygen atoms in total. The van der Waals surface area contributed by atoms with Crippen molar-refractivity contribution in [1.29, 1.82) is 0 Å². The first kappa shape index (κ1) is 17.3. The predicted octanol–water partition coefficient (Wildman–Crippen LogP) is 2.85. The number of hydrogen-bond acceptors (Lipinski definition) is 5. The van der Waals surface area contributed by atoms with Crippen LogP contribution in [-0.2, 0) is 9.53 Å². The molecular weight excluding hydrogens is 308 g/mol. The van der Waals surface area contributed by atoms with Gasteiger partial charge in [0, 0.05) is 11.4 Å². The molecule has 24 heavy (non-hydrogen) atoms. The molecule has 1 atom stereocenters. The van der Waals surface area contributed by atoms with Crippen LogP contribution < -0.4 is 15.8 Å². The number of nitrogens with one attached hydrogen (secondary N) is 1. The minimum absolute atomic E-state index is 0.302. The number of esters is 1. The van der Waals surface area contributed by atoms with E-state index >= 15 is 0 Å². The molecule has 0 saturated carbocycles. The third-order valence-corrected chi connectivity index (χ3v) is 3.21. The van der Waals surface area contributed by atoms with E-state index in [1.54, 1.807) is 42.5 Å². The molecular formula is C18H20N2O4. The number of nitrogen functional groups attached to an aromatic ring is 1. The number of rotatable bonds is 6. The van der Waals surface area contributed by atoms with Gasteiger partial charge in [-0.25, -0.2) is 4.79 Å². The topological polar surface area (TPSA) is 90.6 Å². The largest absolute Gasteiger partial charge is 0.494 e. The first-order valence-electron chi connectivity index (χ1n) is 7.60. The Kier molecular flexibility index (Phi) is 5.78. The van der Waals surface area contributed by atoms with Crippen LogP contribution >= 0.6 is 0 Å². The van der Waals surface area contributed by atoms with Gasteiger partial charge < -0.3 is 20.5 Å². The highest BCUT2D eigenvalue weighted by molar-refractivity contribution is 5.97. The average Bonchev–Trinajstić information content (AvgIpc) is 2.56. The first-order chi connectivity index (χ1) is 11.5. The van der Waals surface area contributed by atoms with Gasteiger partial charge in [-0.15, -0.1) is 0 Å². The van der Waals surface area contributed by atoms with Crippen LogP contribution in [0.1, 0.15) is 24.2 Å². The van der Waals surface area contributed by atoms with E-state index in [-0.39, 0.29) is 0 Å². The first-order valence-corrected chi connectivity index (χ1v) is 7.60. The number of nitrogens with two attached hydrogens (primary N) is 1. The Hall–Kier alpha value is -3.02. The van der Waals surface area contributed by atoms with Crippen molar-refractivity contribution in [3.63, 3.8) is 0 Å². The molecule has 0 fully saturated rings. The zero-order valence-corrected chi connectivity index (χ0v) is 13.6. The maximum atomic E-state index is 12.1. The van der Waals surface area contributed by atoms with Crippen molar-refractivity contribution in [2.24, 2.45) is 0 Å². The monoisotopic (exact) mass is 328 g/mol. The van der Waals surface area contributed by atoms with E-state index in [1.165, 1.54) is 13.0 Å². The second-order valence-electron chi connectivity index (χ2n) is 5.12. The summed E-state index contributed by atoms with van der Waals surface area (Å²) in [6.45, 7) is 3.98. The van der Waals surface area contributed by atoms with E-state index in [2.05, 4.69) is 5.32 Å². The molecule has 0 aliphatic heterocycles. The number of carbonyl (C=O) groups excluding carboxylic acids is 2. The summed E-state index contributed by atoms with van der Waals surface area (Å²) in [5.74, 6) is -0.301. The van der Waals surface area contributed by atoms with Crippen molar-refractivity contribution in [1.82, 2.24) is 0 Å². The molecule has 0 radical (unpaired) electrons. The van der Waals surface area contributed by atoms with Crippen molar-refractivity contribution in [3.05, 3.63) is 54.1 Å². The van der Waals surface area contributed by atoms with E-state index in [0.717, 1.165) is 5.75 Å². The molecule has 2 rings (SSSR count). The predicted molar refractivity (Wildman–Crippen MR) is 92.0 cm³/mol. The van der Waals surface area contributed by atoms with Gasteiger partial charge in [0.1, 0.15) is 5.75 Å². The second-order valence-corrected chi connectivity index (χ2v) is 5.12. The highest BCUT2D eigenvalue weighted by atomic mass is 16.5. The lowest BCUT2D eigenvalue weighted by Gasteiger charge is -2.14. The van der Waals surface area contributed by atoms with Crippen LogP contribution in [0.15, 0.2) is 48.5 Å². The molecule has 0 aliphatic rings. The van der Waals surface area contributed by atoms with E-state index in [0.29, 0.717) is 23.5 Å². The fourth-order valence-electron chi connectivity index (χ4n) is 1.99. The lowest BCUT2D eigenvalue weighted by molar-refractivity contribution is -0.123. The van der Waals surface area contributed by atoms with Crippen molar-refractivity contribution in [2.45, 2.75) is 20.0 Å². The number of carbonyl (C=O) groups is 2. The second kappa shape index (κ2) is 8.01. The Balaban J connectivity index is 1.93. The van der Waals surface area contributed by atoms with Crippen LogP contribution in [-0.4, -0.2) is 24.6 Å². The summed E-state index contributed by atoms with van der Waals surface area (Å²) in [7, 11) is 0. The molecule has 6 heteroatoms. The third kappa shape index (κ3) is 4.74. The van der Waals surface area contributed by atoms with Gasteiger partial charge in [-0.1, -0.05) is 6.07 Å². The van der Waals surface area contributed by atoms with Gasteiger partial charge in [0.2, 0.25) is 0 Å². The third-order valence-electron chi connectivity index (χ3n) is 3.21. The van der Waals surface area contributed by atoms with E-state index in [1.807, 2.05) is 6.92 Å². The quantitative estimate of drug-likeness (QED) is 0.628. The summed E-state index contributed by atoms with van der Waals surface area (Å²) in [4.78, 5) is 24.1. The van der Waals surface area contributed by atoms with Crippen LogP contribution in [0.5, 0.6) is 5.75 Å². The lowest BCUT2D eigenvalue weighted by Crippen LogP contribution is -2.30. The summed E-state index contributed by atoms with van der Waals surface area (Å²) in [6.07, 6.45) is -0.939. The van der Waals surface area contributed by atoms with Gasteiger partial charge in [-0.05, 0) is 56.3 Å². The van der Waals surface area contributed by atoms with Crippen LogP contribution in [0, 0.1) is 0 Å². The van der Waals surface area contributed by atoms with E-state index in [9.17, 15) is 9.59 Å². The van der Waals surface area contributed by atoms with Gasteiger partial charge in [0.25, 0.3) is 5.91 Å². The molecule has 0 aromatic heterocycles. The van der Waals surface area contributed by atoms with Crippen molar-refractivity contribution < 1.29 is 19.1 Å². The Labute approximate surface area is 140 Å². The zero-order valence-electron chi connectivity index (χ0n) is 13.6. The van der Waals surface area contributed by atoms with Crippen LogP contribution in [0.25, 0.3) is 0 Å². The fourth-order valence-corrected chi connectivity index (χ4v) is 1.99. The molecule has 0 spiro atoms. The standard InChI is InChI=1S/C18H20N2O4/c1-3-23-16-9-7-15(8-10-16)20-17(21)12(2)24-18(22)13-5-4-6-14(19)11-13/h4-12H,3,19H2,1-2H3,(H,20,21). The van der Waals surface area contributed by atoms with Gasteiger partial charge in [-0.2, -0.15) is 0 Å². The fraction of sp³-hybridized carbons (Fsp3) is 0.222. The Morgan fingerprint density at radius 2 is 1.88 bits per heavy atom. The normalized spacial score (nSPS) is 11.4. The maximum absolute atomic E-state index is 12.1. The maximum Gasteiger partial charge on any atom is 0.338 e. The Morgan fingerprint density at radius 1 is 1.17 bits per heavy atom. The molecule has 126 valence electrons. The highest BCUT2D eigenvalue weighted by Crippen LogP contribution is 2.16. The molecule has 0 aliphatic carbocycles. The van der Waals surface area contributed by atoms with Crippen LogP contribution in [0.2, 0.25) is 0 Å². The number of benzene rings is 2. The van der Waals surface area contributed by atoms with Crippen LogP contribution in [0.4, 0.5) is 11.4 Å². The molecule has 0 heterocycles. The van der Waals surface area contributed by atoms with Crippen LogP contribution in [0.3, 0.4) is 0 Å². The van der Waals surface area contributed by atoms with Gasteiger partial charge in [-0.3, -0.25) is 4.79 Å². The van der Waals surface area contributed by atoms with E-state index in [4.69, 9.17) is 15.2 Å². The molecule has 2 aromatic rings. The molecule has 3 N–H and O–H groups in total. The Bertz CT molecular complexity index is 713. The summed E-state index contributed by atoms with van der Waals surface area (Å²) in [5.41, 5.74) is 6.97. The van der Waals surface area contributed by atoms with Crippen molar-refractivity contribution in [2.75, 3.05) is 17.7 Å². The molecule has 0 saturated heterocycles. The number of ether oxygens (including phenoxy) is 2. The molecule has 2 aromatic carbocycles. The van der Waals surface area contributed by atoms with Crippen molar-refractivity contribution in [3.8, 4) is 5.75 Å². The number of amides is 1. The molecule has 1 unspecified atom stereocenters. The minimum Gasteiger partial charge on any atom is -0.494 e. The summed E-state index contributed by atoms with van der Waals surface area (Å²) in [5, 5.41) is 2.68. The highest BCUT2D eigenvalue weighted by Gasteiger charge is 2.19. The SMILES string of the molecule is CCOc1ccc(NC(=O)C(C)OC(=O)c2cccc(N)c2)cc1. The smallest absolute Gasteiger partial charge is 0.338 e. The minimum atomic E-state index is -0.939. The average molecular weight is 328 g/mol. The Morgan fingerprint density at radius 3 is 2.50 bits per heavy atom. The summed E-state index contributed by atoms with van der Waals surface area (Å²) >= 11 is 0. The lowest BCUT2D eigenvalue weighted by atomic mass is 10.2. The van der Waals surface area contributed by atoms with Crippen molar-refractivity contribution >= 4 is 23.3 Å². The van der Waals surface area contributed by atoms with Gasteiger partial charge in [0.15, 0.2) is 6.10 Å². The number of hydrogen-bond donors (Lipinski definition) is 2. The van der Waals surface area contributed by atoms with E-state index < -0.39 is 18.0 Å². The molecule has 1 amide bonds. The van der Waals surface area contributed by atoms with Gasteiger partial charge >= 0.3 is 5.97 Å². The number of anilines is 2. The zero-order chi connectivity index (χ0) is 17.5. The summed E-state index contributed by atoms with van der Waals surface area (Å²) < 4.78 is 10.5. The van der Waals surface area contributed by atoms with Gasteiger partial charge in [0.05, 0.1) is 12.2 Å². The summed E-state index contributed by atoms with van der Waals surface area (Å²) in [6, 6.07) is 13.3.